The Kier molecular flexibility index (Phi) is 3.55. The molecule has 0 aliphatic rings. The second-order valence-corrected chi connectivity index (χ2v) is 5.86. The second kappa shape index (κ2) is 3.21. The van der Waals surface area contributed by atoms with E-state index in [0.29, 0.717) is 0 Å². The highest BCUT2D eigenvalue weighted by atomic mass is 35.5. The van der Waals surface area contributed by atoms with Crippen LogP contribution in [-0.2, 0) is 10.1 Å². The summed E-state index contributed by atoms with van der Waals surface area (Å²) in [5.74, 6) is 0. The highest BCUT2D eigenvalue weighted by Crippen LogP contribution is 2.36. The Balaban J connectivity index is 4.76. The molecule has 0 spiro atoms. The van der Waals surface area contributed by atoms with Gasteiger partial charge in [-0.3, -0.25) is 4.55 Å². The Morgan fingerprint density at radius 1 is 1.30 bits per heavy atom. The number of hydrogen-bond acceptors (Lipinski definition) is 2. The van der Waals surface area contributed by atoms with E-state index in [-0.39, 0.29) is 0 Å². The lowest BCUT2D eigenvalue weighted by Gasteiger charge is -2.15. The molecule has 62 valence electrons. The van der Waals surface area contributed by atoms with E-state index in [9.17, 15) is 8.42 Å². The van der Waals surface area contributed by atoms with E-state index in [4.69, 9.17) is 51.0 Å². The van der Waals surface area contributed by atoms with Crippen LogP contribution in [0.3, 0.4) is 0 Å². The van der Waals surface area contributed by atoms with Crippen molar-refractivity contribution in [2.75, 3.05) is 0 Å². The highest BCUT2D eigenvalue weighted by Gasteiger charge is 2.45. The first-order valence-electron chi connectivity index (χ1n) is 1.82. The summed E-state index contributed by atoms with van der Waals surface area (Å²) in [6, 6.07) is 0. The fraction of sp³-hybridized carbons (Fsp3) is 1.00. The zero-order valence-electron chi connectivity index (χ0n) is 4.26. The predicted octanol–water partition coefficient (Wildman–Crippen LogP) is 1.81. The molecule has 0 saturated carbocycles. The quantitative estimate of drug-likeness (QED) is 0.598. The van der Waals surface area contributed by atoms with Crippen LogP contribution in [0.15, 0.2) is 0 Å². The van der Waals surface area contributed by atoms with E-state index in [0.717, 1.165) is 0 Å². The minimum atomic E-state index is -4.63. The fourth-order valence-electron chi connectivity index (χ4n) is 0.113. The molecule has 0 radical (unpaired) electrons. The van der Waals surface area contributed by atoms with Crippen molar-refractivity contribution < 1.29 is 13.0 Å². The third kappa shape index (κ3) is 2.29. The minimum Gasteiger partial charge on any atom is -0.283 e. The fourth-order valence-corrected chi connectivity index (χ4v) is 1.01. The van der Waals surface area contributed by atoms with Crippen LogP contribution in [0.25, 0.3) is 0 Å². The summed E-state index contributed by atoms with van der Waals surface area (Å²) in [5.41, 5.74) is 0. The zero-order valence-corrected chi connectivity index (χ0v) is 8.10. The topological polar surface area (TPSA) is 54.4 Å². The maximum absolute atomic E-state index is 10.2. The zero-order chi connectivity index (χ0) is 8.58. The van der Waals surface area contributed by atoms with Crippen molar-refractivity contribution in [3.8, 4) is 0 Å². The minimum absolute atomic E-state index is 1.61. The van der Waals surface area contributed by atoms with E-state index >= 15 is 0 Å². The molecule has 0 fully saturated rings. The van der Waals surface area contributed by atoms with Crippen molar-refractivity contribution in [1.29, 1.82) is 0 Å². The average molecular weight is 248 g/mol. The molecule has 0 rings (SSSR count). The van der Waals surface area contributed by atoms with Gasteiger partial charge in [0.2, 0.25) is 0 Å². The van der Waals surface area contributed by atoms with Crippen molar-refractivity contribution >= 4 is 56.5 Å². The molecule has 0 aliphatic carbocycles. The van der Waals surface area contributed by atoms with Crippen molar-refractivity contribution in [1.82, 2.24) is 0 Å². The number of halogens is 4. The van der Waals surface area contributed by atoms with Gasteiger partial charge in [-0.2, -0.15) is 8.42 Å². The maximum atomic E-state index is 10.2. The molecule has 0 unspecified atom stereocenters. The summed E-state index contributed by atoms with van der Waals surface area (Å²) >= 11 is 20.1. The normalized spacial score (nSPS) is 14.2. The third-order valence-corrected chi connectivity index (χ3v) is 4.49. The summed E-state index contributed by atoms with van der Waals surface area (Å²) in [6.45, 7) is 0. The number of rotatable bonds is 2. The molecule has 8 heteroatoms. The lowest BCUT2D eigenvalue weighted by Crippen LogP contribution is -2.32. The van der Waals surface area contributed by atoms with Gasteiger partial charge < -0.3 is 0 Å². The van der Waals surface area contributed by atoms with Gasteiger partial charge in [-0.25, -0.2) is 0 Å². The summed E-state index contributed by atoms with van der Waals surface area (Å²) in [6.07, 6.45) is 0. The largest absolute Gasteiger partial charge is 0.302 e. The Bertz CT molecular complexity index is 207. The van der Waals surface area contributed by atoms with Gasteiger partial charge in [-0.1, -0.05) is 23.2 Å². The van der Waals surface area contributed by atoms with E-state index < -0.39 is 18.6 Å². The average Bonchev–Trinajstić information content (AvgIpc) is 1.62. The molecule has 0 aromatic heterocycles. The van der Waals surface area contributed by atoms with E-state index in [2.05, 4.69) is 0 Å². The Labute approximate surface area is 77.9 Å². The summed E-state index contributed by atoms with van der Waals surface area (Å²) in [5, 5.41) is 0. The van der Waals surface area contributed by atoms with Crippen molar-refractivity contribution in [3.05, 3.63) is 0 Å². The molecule has 0 aromatic carbocycles. The van der Waals surface area contributed by atoms with Crippen LogP contribution in [0, 0.1) is 0 Å². The summed E-state index contributed by atoms with van der Waals surface area (Å²) in [4.78, 5) is -1.61. The van der Waals surface area contributed by atoms with Gasteiger partial charge >= 0.3 is 10.1 Å². The molecule has 3 nitrogen and oxygen atoms in total. The van der Waals surface area contributed by atoms with Crippen LogP contribution in [0.5, 0.6) is 0 Å². The first-order valence-corrected chi connectivity index (χ1v) is 4.89. The second-order valence-electron chi connectivity index (χ2n) is 1.34. The first kappa shape index (κ1) is 11.1. The van der Waals surface area contributed by atoms with Gasteiger partial charge in [0.25, 0.3) is 3.67 Å². The Morgan fingerprint density at radius 3 is 1.60 bits per heavy atom. The van der Waals surface area contributed by atoms with Crippen LogP contribution >= 0.6 is 46.4 Å². The van der Waals surface area contributed by atoms with Gasteiger partial charge in [-0.15, -0.1) is 23.2 Å². The van der Waals surface area contributed by atoms with Crippen molar-refractivity contribution in [2.45, 2.75) is 8.50 Å². The molecule has 1 N–H and O–H groups in total. The predicted molar refractivity (Wildman–Crippen MR) is 41.5 cm³/mol. The molecule has 10 heavy (non-hydrogen) atoms. The molecule has 0 amide bonds. The molecule has 0 aromatic rings. The molecule has 0 saturated heterocycles. The first-order chi connectivity index (χ1) is 4.19. The van der Waals surface area contributed by atoms with E-state index in [1.54, 1.807) is 0 Å². The molecule has 0 atom stereocenters. The molecule has 0 bridgehead atoms. The SMILES string of the molecule is O=S(=O)(O)C(Cl)(Cl)C(Cl)Cl. The summed E-state index contributed by atoms with van der Waals surface area (Å²) < 4.78 is 26.1. The van der Waals surface area contributed by atoms with Gasteiger partial charge in [0.1, 0.15) is 0 Å². The Morgan fingerprint density at radius 2 is 1.60 bits per heavy atom. The van der Waals surface area contributed by atoms with Crippen LogP contribution in [0.2, 0.25) is 0 Å². The lowest BCUT2D eigenvalue weighted by atomic mass is 10.9. The highest BCUT2D eigenvalue weighted by molar-refractivity contribution is 7.90. The van der Waals surface area contributed by atoms with Crippen LogP contribution in [-0.4, -0.2) is 21.5 Å². The molecule has 0 heterocycles. The van der Waals surface area contributed by atoms with Gasteiger partial charge in [-0.05, 0) is 0 Å². The van der Waals surface area contributed by atoms with Crippen LogP contribution < -0.4 is 0 Å². The Hall–Kier alpha value is 1.07. The summed E-state index contributed by atoms with van der Waals surface area (Å²) in [7, 11) is -4.63. The van der Waals surface area contributed by atoms with Crippen LogP contribution in [0.4, 0.5) is 0 Å². The van der Waals surface area contributed by atoms with Crippen LogP contribution in [0.1, 0.15) is 0 Å². The number of hydrogen-bond donors (Lipinski definition) is 1. The molecule has 0 aliphatic heterocycles. The van der Waals surface area contributed by atoms with Gasteiger partial charge in [0, 0.05) is 0 Å². The third-order valence-electron chi connectivity index (χ3n) is 0.598. The van der Waals surface area contributed by atoms with Gasteiger partial charge in [0.05, 0.1) is 0 Å². The maximum Gasteiger partial charge on any atom is 0.302 e. The van der Waals surface area contributed by atoms with Crippen molar-refractivity contribution in [2.24, 2.45) is 0 Å². The van der Waals surface area contributed by atoms with E-state index in [1.807, 2.05) is 0 Å². The monoisotopic (exact) mass is 246 g/mol. The van der Waals surface area contributed by atoms with Crippen molar-refractivity contribution in [3.63, 3.8) is 0 Å². The van der Waals surface area contributed by atoms with Gasteiger partial charge in [0.15, 0.2) is 4.84 Å². The van der Waals surface area contributed by atoms with E-state index in [1.165, 1.54) is 0 Å². The molecular weight excluding hydrogens is 246 g/mol. The number of alkyl halides is 4. The standard InChI is InChI=1S/C2H2Cl4O3S/c3-1(4)2(5,6)10(7,8)9/h1H,(H,7,8,9). The smallest absolute Gasteiger partial charge is 0.283 e. The molecular formula is C2H2Cl4O3S. The lowest BCUT2D eigenvalue weighted by molar-refractivity contribution is 0.476.